The van der Waals surface area contributed by atoms with Crippen LogP contribution in [0.3, 0.4) is 0 Å². The summed E-state index contributed by atoms with van der Waals surface area (Å²) < 4.78 is 81.7. The van der Waals surface area contributed by atoms with Crippen LogP contribution in [0.4, 0.5) is 30.7 Å². The SMILES string of the molecule is N#CCC(F)(F)C(F)(F)C(F)(F)F. The van der Waals surface area contributed by atoms with Gasteiger partial charge in [0.1, 0.15) is 6.42 Å². The minimum Gasteiger partial charge on any atom is -0.198 e. The summed E-state index contributed by atoms with van der Waals surface area (Å²) in [6.45, 7) is 0. The number of hydrogen-bond donors (Lipinski definition) is 0. The van der Waals surface area contributed by atoms with Gasteiger partial charge in [0.25, 0.3) is 0 Å². The van der Waals surface area contributed by atoms with Crippen molar-refractivity contribution in [3.8, 4) is 6.07 Å². The molecule has 0 rings (SSSR count). The molecule has 0 heterocycles. The molecule has 0 bridgehead atoms. The van der Waals surface area contributed by atoms with Gasteiger partial charge in [-0.25, -0.2) is 0 Å². The Balaban J connectivity index is 4.94. The van der Waals surface area contributed by atoms with Gasteiger partial charge in [-0.05, 0) is 0 Å². The minimum absolute atomic E-state index is 0.556. The summed E-state index contributed by atoms with van der Waals surface area (Å²) in [6, 6.07) is 0.556. The lowest BCUT2D eigenvalue weighted by Crippen LogP contribution is -2.51. The molecule has 0 saturated heterocycles. The lowest BCUT2D eigenvalue weighted by molar-refractivity contribution is -0.353. The zero-order chi connectivity index (χ0) is 10.9. The highest BCUT2D eigenvalue weighted by molar-refractivity contribution is 4.96. The van der Waals surface area contributed by atoms with E-state index in [2.05, 4.69) is 0 Å². The van der Waals surface area contributed by atoms with E-state index in [1.54, 1.807) is 0 Å². The maximum Gasteiger partial charge on any atom is 0.459 e. The molecule has 0 spiro atoms. The molecule has 0 aromatic rings. The van der Waals surface area contributed by atoms with Crippen molar-refractivity contribution < 1.29 is 30.7 Å². The molecule has 0 amide bonds. The van der Waals surface area contributed by atoms with E-state index < -0.39 is 24.4 Å². The third-order valence-corrected chi connectivity index (χ3v) is 1.12. The summed E-state index contributed by atoms with van der Waals surface area (Å²) in [5.74, 6) is -11.6. The molecule has 13 heavy (non-hydrogen) atoms. The van der Waals surface area contributed by atoms with E-state index in [0.717, 1.165) is 0 Å². The fraction of sp³-hybridized carbons (Fsp3) is 0.800. The van der Waals surface area contributed by atoms with Crippen LogP contribution in [-0.4, -0.2) is 18.0 Å². The number of hydrogen-bond acceptors (Lipinski definition) is 1. The minimum atomic E-state index is -6.35. The molecule has 0 aromatic carbocycles. The van der Waals surface area contributed by atoms with Crippen LogP contribution in [0.1, 0.15) is 6.42 Å². The Morgan fingerprint density at radius 3 is 1.54 bits per heavy atom. The molecular formula is C5H2F7N. The summed E-state index contributed by atoms with van der Waals surface area (Å²) in [6.07, 6.45) is -8.53. The number of nitriles is 1. The Morgan fingerprint density at radius 2 is 1.31 bits per heavy atom. The summed E-state index contributed by atoms with van der Waals surface area (Å²) >= 11 is 0. The van der Waals surface area contributed by atoms with Crippen molar-refractivity contribution in [2.45, 2.75) is 24.4 Å². The van der Waals surface area contributed by atoms with Crippen LogP contribution in [0, 0.1) is 11.3 Å². The zero-order valence-corrected chi connectivity index (χ0v) is 5.80. The molecule has 0 radical (unpaired) electrons. The fourth-order valence-corrected chi connectivity index (χ4v) is 0.418. The van der Waals surface area contributed by atoms with Crippen molar-refractivity contribution in [3.63, 3.8) is 0 Å². The molecule has 0 aliphatic carbocycles. The third kappa shape index (κ3) is 2.02. The van der Waals surface area contributed by atoms with Crippen LogP contribution >= 0.6 is 0 Å². The van der Waals surface area contributed by atoms with Crippen molar-refractivity contribution in [3.05, 3.63) is 0 Å². The van der Waals surface area contributed by atoms with Crippen LogP contribution in [-0.2, 0) is 0 Å². The van der Waals surface area contributed by atoms with E-state index in [1.807, 2.05) is 0 Å². The molecule has 1 nitrogen and oxygen atoms in total. The van der Waals surface area contributed by atoms with Crippen LogP contribution in [0.15, 0.2) is 0 Å². The van der Waals surface area contributed by atoms with Crippen LogP contribution in [0.25, 0.3) is 0 Å². The average Bonchev–Trinajstić information content (AvgIpc) is 1.84. The number of halogens is 7. The van der Waals surface area contributed by atoms with Gasteiger partial charge >= 0.3 is 18.0 Å². The molecule has 0 saturated carbocycles. The van der Waals surface area contributed by atoms with Crippen molar-refractivity contribution >= 4 is 0 Å². The fourth-order valence-electron chi connectivity index (χ4n) is 0.418. The Labute approximate surface area is 67.8 Å². The molecule has 0 aliphatic heterocycles. The average molecular weight is 209 g/mol. The van der Waals surface area contributed by atoms with Crippen LogP contribution in [0.5, 0.6) is 0 Å². The molecule has 0 unspecified atom stereocenters. The highest BCUT2D eigenvalue weighted by Gasteiger charge is 2.72. The summed E-state index contributed by atoms with van der Waals surface area (Å²) in [5, 5.41) is 7.60. The van der Waals surface area contributed by atoms with Gasteiger partial charge in [-0.1, -0.05) is 0 Å². The van der Waals surface area contributed by atoms with E-state index >= 15 is 0 Å². The van der Waals surface area contributed by atoms with Crippen molar-refractivity contribution in [2.24, 2.45) is 0 Å². The maximum absolute atomic E-state index is 12.0. The van der Waals surface area contributed by atoms with Gasteiger partial charge in [0.05, 0.1) is 6.07 Å². The van der Waals surface area contributed by atoms with Gasteiger partial charge in [0.15, 0.2) is 0 Å². The number of rotatable bonds is 2. The molecule has 76 valence electrons. The van der Waals surface area contributed by atoms with Crippen LogP contribution < -0.4 is 0 Å². The highest BCUT2D eigenvalue weighted by atomic mass is 19.4. The molecule has 0 fully saturated rings. The normalized spacial score (nSPS) is 14.0. The molecule has 0 N–H and O–H groups in total. The molecule has 8 heteroatoms. The Kier molecular flexibility index (Phi) is 2.81. The number of alkyl halides is 7. The van der Waals surface area contributed by atoms with E-state index in [4.69, 9.17) is 5.26 Å². The monoisotopic (exact) mass is 209 g/mol. The largest absolute Gasteiger partial charge is 0.459 e. The molecule has 0 aliphatic rings. The summed E-state index contributed by atoms with van der Waals surface area (Å²) in [7, 11) is 0. The standard InChI is InChI=1S/C5H2F7N/c6-3(7,1-2-13)4(8,9)5(10,11)12/h1H2. The van der Waals surface area contributed by atoms with Gasteiger partial charge in [0, 0.05) is 0 Å². The Bertz CT molecular complexity index is 222. The smallest absolute Gasteiger partial charge is 0.198 e. The lowest BCUT2D eigenvalue weighted by atomic mass is 10.1. The van der Waals surface area contributed by atoms with Gasteiger partial charge in [-0.3, -0.25) is 0 Å². The van der Waals surface area contributed by atoms with Crippen molar-refractivity contribution in [1.29, 1.82) is 5.26 Å². The lowest BCUT2D eigenvalue weighted by Gasteiger charge is -2.26. The van der Waals surface area contributed by atoms with Crippen molar-refractivity contribution in [1.82, 2.24) is 0 Å². The quantitative estimate of drug-likeness (QED) is 0.641. The van der Waals surface area contributed by atoms with Crippen molar-refractivity contribution in [2.75, 3.05) is 0 Å². The zero-order valence-electron chi connectivity index (χ0n) is 5.80. The maximum atomic E-state index is 12.0. The van der Waals surface area contributed by atoms with Gasteiger partial charge in [0.2, 0.25) is 0 Å². The molecular weight excluding hydrogens is 207 g/mol. The van der Waals surface area contributed by atoms with E-state index in [-0.39, 0.29) is 0 Å². The highest BCUT2D eigenvalue weighted by Crippen LogP contribution is 2.47. The van der Waals surface area contributed by atoms with E-state index in [1.165, 1.54) is 0 Å². The first-order valence-corrected chi connectivity index (χ1v) is 2.75. The third-order valence-electron chi connectivity index (χ3n) is 1.12. The Morgan fingerprint density at radius 1 is 0.923 bits per heavy atom. The first kappa shape index (κ1) is 12.0. The van der Waals surface area contributed by atoms with E-state index in [9.17, 15) is 30.7 Å². The molecule has 0 atom stereocenters. The predicted octanol–water partition coefficient (Wildman–Crippen LogP) is 2.73. The summed E-state index contributed by atoms with van der Waals surface area (Å²) in [4.78, 5) is 0. The van der Waals surface area contributed by atoms with Gasteiger partial charge < -0.3 is 0 Å². The predicted molar refractivity (Wildman–Crippen MR) is 26.2 cm³/mol. The van der Waals surface area contributed by atoms with E-state index in [0.29, 0.717) is 6.07 Å². The van der Waals surface area contributed by atoms with Gasteiger partial charge in [-0.2, -0.15) is 36.0 Å². The second-order valence-electron chi connectivity index (χ2n) is 2.11. The first-order chi connectivity index (χ1) is 5.56. The number of nitrogens with zero attached hydrogens (tertiary/aromatic N) is 1. The summed E-state index contributed by atoms with van der Waals surface area (Å²) in [5.41, 5.74) is 0. The Hall–Kier alpha value is -1.00. The second-order valence-corrected chi connectivity index (χ2v) is 2.11. The first-order valence-electron chi connectivity index (χ1n) is 2.75. The molecule has 0 aromatic heterocycles. The van der Waals surface area contributed by atoms with Gasteiger partial charge in [-0.15, -0.1) is 0 Å². The second kappa shape index (κ2) is 3.05. The topological polar surface area (TPSA) is 23.8 Å². The van der Waals surface area contributed by atoms with Crippen LogP contribution in [0.2, 0.25) is 0 Å².